The Bertz CT molecular complexity index is 841. The van der Waals surface area contributed by atoms with Gasteiger partial charge in [-0.25, -0.2) is 0 Å². The molecule has 6 nitrogen and oxygen atoms in total. The van der Waals surface area contributed by atoms with Crippen LogP contribution in [0.2, 0.25) is 0 Å². The molecule has 0 bridgehead atoms. The van der Waals surface area contributed by atoms with Crippen molar-refractivity contribution in [1.82, 2.24) is 0 Å². The zero-order chi connectivity index (χ0) is 35.3. The van der Waals surface area contributed by atoms with Crippen LogP contribution < -0.4 is 0 Å². The van der Waals surface area contributed by atoms with Crippen LogP contribution in [0, 0.1) is 5.92 Å². The van der Waals surface area contributed by atoms with Gasteiger partial charge in [0.05, 0.1) is 6.10 Å². The first-order valence-electron chi connectivity index (χ1n) is 19.6. The van der Waals surface area contributed by atoms with Crippen molar-refractivity contribution in [1.29, 1.82) is 0 Å². The second kappa shape index (κ2) is 36.1. The first kappa shape index (κ1) is 45.8. The summed E-state index contributed by atoms with van der Waals surface area (Å²) in [5, 5.41) is 19.2. The lowest BCUT2D eigenvalue weighted by molar-refractivity contribution is -0.152. The molecule has 2 atom stereocenters. The summed E-state index contributed by atoms with van der Waals surface area (Å²) in [6.45, 7) is 6.15. The Labute approximate surface area is 295 Å². The van der Waals surface area contributed by atoms with E-state index in [0.717, 1.165) is 70.1 Å². The van der Waals surface area contributed by atoms with Gasteiger partial charge < -0.3 is 19.7 Å². The number of unbranched alkanes of at least 4 members (excludes halogenated alkanes) is 14. The van der Waals surface area contributed by atoms with E-state index in [0.29, 0.717) is 19.3 Å². The number of aliphatic hydroxyl groups is 2. The lowest BCUT2D eigenvalue weighted by Gasteiger charge is -2.12. The molecule has 0 aliphatic carbocycles. The molecule has 0 saturated carbocycles. The molecule has 0 spiro atoms. The third kappa shape index (κ3) is 38.3. The molecule has 0 radical (unpaired) electrons. The fraction of sp³-hybridized carbons (Fsp3) is 0.762. The first-order valence-corrected chi connectivity index (χ1v) is 19.6. The smallest absolute Gasteiger partial charge is 0.305 e. The van der Waals surface area contributed by atoms with Crippen LogP contribution in [-0.2, 0) is 19.1 Å². The van der Waals surface area contributed by atoms with E-state index in [9.17, 15) is 19.8 Å². The third-order valence-corrected chi connectivity index (χ3v) is 8.26. The summed E-state index contributed by atoms with van der Waals surface area (Å²) in [5.41, 5.74) is 0. The Morgan fingerprint density at radius 3 is 1.29 bits per heavy atom. The molecule has 0 saturated heterocycles. The van der Waals surface area contributed by atoms with Gasteiger partial charge in [-0.1, -0.05) is 146 Å². The van der Waals surface area contributed by atoms with Crippen molar-refractivity contribution in [3.63, 3.8) is 0 Å². The van der Waals surface area contributed by atoms with Gasteiger partial charge in [-0.2, -0.15) is 0 Å². The Hall–Kier alpha value is -2.18. The summed E-state index contributed by atoms with van der Waals surface area (Å²) < 4.78 is 10.3. The second-order valence-electron chi connectivity index (χ2n) is 13.8. The van der Waals surface area contributed by atoms with E-state index in [-0.39, 0.29) is 31.3 Å². The number of hydrogen-bond donors (Lipinski definition) is 2. The van der Waals surface area contributed by atoms with Crippen LogP contribution in [0.3, 0.4) is 0 Å². The molecule has 48 heavy (non-hydrogen) atoms. The maximum absolute atomic E-state index is 12.0. The van der Waals surface area contributed by atoms with Crippen LogP contribution in [0.25, 0.3) is 0 Å². The summed E-state index contributed by atoms with van der Waals surface area (Å²) in [4.78, 5) is 23.9. The highest BCUT2D eigenvalue weighted by Crippen LogP contribution is 2.15. The van der Waals surface area contributed by atoms with Crippen molar-refractivity contribution < 1.29 is 29.3 Å². The van der Waals surface area contributed by atoms with Gasteiger partial charge >= 0.3 is 11.9 Å². The van der Waals surface area contributed by atoms with Crippen molar-refractivity contribution in [2.24, 2.45) is 5.92 Å². The average Bonchev–Trinajstić information content (AvgIpc) is 3.05. The van der Waals surface area contributed by atoms with E-state index in [4.69, 9.17) is 9.47 Å². The van der Waals surface area contributed by atoms with Crippen molar-refractivity contribution in [2.45, 2.75) is 187 Å². The summed E-state index contributed by atoms with van der Waals surface area (Å²) >= 11 is 0. The number of carbonyl (C=O) groups is 2. The molecule has 0 rings (SSSR count). The molecule has 0 aromatic rings. The number of ether oxygens (including phenoxy) is 2. The van der Waals surface area contributed by atoms with Crippen LogP contribution >= 0.6 is 0 Å². The van der Waals surface area contributed by atoms with Crippen LogP contribution in [0.15, 0.2) is 48.6 Å². The number of rotatable bonds is 34. The molecule has 6 heteroatoms. The lowest BCUT2D eigenvalue weighted by Crippen LogP contribution is -2.25. The van der Waals surface area contributed by atoms with Crippen LogP contribution in [-0.4, -0.2) is 47.6 Å². The van der Waals surface area contributed by atoms with Crippen molar-refractivity contribution >= 4 is 11.9 Å². The van der Waals surface area contributed by atoms with Crippen molar-refractivity contribution in [3.8, 4) is 0 Å². The van der Waals surface area contributed by atoms with Crippen molar-refractivity contribution in [3.05, 3.63) is 48.6 Å². The van der Waals surface area contributed by atoms with Crippen molar-refractivity contribution in [2.75, 3.05) is 13.2 Å². The van der Waals surface area contributed by atoms with Gasteiger partial charge in [0.15, 0.2) is 0 Å². The molecule has 0 aliphatic heterocycles. The van der Waals surface area contributed by atoms with Gasteiger partial charge in [0.1, 0.15) is 19.3 Å². The fourth-order valence-corrected chi connectivity index (χ4v) is 5.28. The Morgan fingerprint density at radius 2 is 0.854 bits per heavy atom. The number of carbonyl (C=O) groups excluding carboxylic acids is 2. The number of hydrogen-bond acceptors (Lipinski definition) is 6. The number of esters is 2. The van der Waals surface area contributed by atoms with E-state index in [1.807, 2.05) is 6.92 Å². The third-order valence-electron chi connectivity index (χ3n) is 8.26. The molecule has 2 N–H and O–H groups in total. The predicted octanol–water partition coefficient (Wildman–Crippen LogP) is 11.1. The van der Waals surface area contributed by atoms with E-state index in [1.54, 1.807) is 0 Å². The molecule has 0 fully saturated rings. The largest absolute Gasteiger partial charge is 0.463 e. The molecule has 0 heterocycles. The van der Waals surface area contributed by atoms with Gasteiger partial charge in [0.25, 0.3) is 0 Å². The molecule has 0 aromatic carbocycles. The molecule has 0 aromatic heterocycles. The zero-order valence-electron chi connectivity index (χ0n) is 31.3. The summed E-state index contributed by atoms with van der Waals surface area (Å²) in [7, 11) is 0. The monoisotopic (exact) mass is 675 g/mol. The van der Waals surface area contributed by atoms with E-state index in [1.165, 1.54) is 70.6 Å². The zero-order valence-corrected chi connectivity index (χ0v) is 31.3. The maximum Gasteiger partial charge on any atom is 0.305 e. The molecule has 278 valence electrons. The topological polar surface area (TPSA) is 93.1 Å². The minimum atomic E-state index is -0.993. The van der Waals surface area contributed by atoms with Gasteiger partial charge in [-0.15, -0.1) is 0 Å². The number of allylic oxidation sites excluding steroid dienone is 8. The molecular formula is C42H74O6. The minimum Gasteiger partial charge on any atom is -0.463 e. The van der Waals surface area contributed by atoms with Crippen LogP contribution in [0.5, 0.6) is 0 Å². The highest BCUT2D eigenvalue weighted by molar-refractivity contribution is 5.69. The highest BCUT2D eigenvalue weighted by atomic mass is 16.6. The molecular weight excluding hydrogens is 600 g/mol. The fourth-order valence-electron chi connectivity index (χ4n) is 5.28. The molecule has 0 aliphatic rings. The van der Waals surface area contributed by atoms with Gasteiger partial charge in [-0.3, -0.25) is 9.59 Å². The Kier molecular flexibility index (Phi) is 34.5. The maximum atomic E-state index is 12.0. The highest BCUT2D eigenvalue weighted by Gasteiger charge is 2.12. The Balaban J connectivity index is 3.54. The normalized spacial score (nSPS) is 13.5. The second-order valence-corrected chi connectivity index (χ2v) is 13.8. The van der Waals surface area contributed by atoms with Gasteiger partial charge in [0, 0.05) is 12.8 Å². The van der Waals surface area contributed by atoms with E-state index >= 15 is 0 Å². The predicted molar refractivity (Wildman–Crippen MR) is 202 cm³/mol. The van der Waals surface area contributed by atoms with E-state index in [2.05, 4.69) is 62.5 Å². The first-order chi connectivity index (χ1) is 23.3. The van der Waals surface area contributed by atoms with E-state index < -0.39 is 6.10 Å². The summed E-state index contributed by atoms with van der Waals surface area (Å²) in [6.07, 6.45) is 41.6. The molecule has 0 amide bonds. The standard InChI is InChI=1S/C42H74O6/c1-38(2)32-28-24-20-16-12-8-7-11-15-19-23-27-31-35-42(46)48-37-40(44)36-47-41(45)34-30-26-22-18-14-10-6-4-5-9-13-17-21-25-29-33-39(3)43/h5-6,9-10,17-18,21-22,38-40,43-44H,4,7-8,11-16,19-20,23-37H2,1-3H3/b9-5-,10-6-,21-17-,22-18-/t39-,40-/m1/s1. The van der Waals surface area contributed by atoms with Crippen LogP contribution in [0.1, 0.15) is 175 Å². The summed E-state index contributed by atoms with van der Waals surface area (Å²) in [6, 6.07) is 0. The SMILES string of the molecule is CC(C)CCCCCCCCCCCCCCCC(=O)OC[C@H](O)COC(=O)CCC/C=C\C/C=C\C/C=C\C/C=C\CCC[C@@H](C)O. The van der Waals surface area contributed by atoms with Gasteiger partial charge in [-0.05, 0) is 70.6 Å². The number of aliphatic hydroxyl groups excluding tert-OH is 2. The molecule has 0 unspecified atom stereocenters. The van der Waals surface area contributed by atoms with Crippen LogP contribution in [0.4, 0.5) is 0 Å². The average molecular weight is 675 g/mol. The van der Waals surface area contributed by atoms with Gasteiger partial charge in [0.2, 0.25) is 0 Å². The quantitative estimate of drug-likeness (QED) is 0.0401. The lowest BCUT2D eigenvalue weighted by atomic mass is 10.0. The summed E-state index contributed by atoms with van der Waals surface area (Å²) in [5.74, 6) is 0.197. The Morgan fingerprint density at radius 1 is 0.479 bits per heavy atom. The minimum absolute atomic E-state index is 0.140.